The standard InChI is InChI=1S/C16H15ClF3N/c1-2-21-15(12-4-3-5-13(18)16(12)20)8-10-6-7-11(17)9-14(10)19/h3-7,9,15,21H,2,8H2,1H3. The van der Waals surface area contributed by atoms with Crippen molar-refractivity contribution in [3.63, 3.8) is 0 Å². The lowest BCUT2D eigenvalue weighted by molar-refractivity contribution is 0.460. The van der Waals surface area contributed by atoms with Gasteiger partial charge >= 0.3 is 0 Å². The predicted molar refractivity (Wildman–Crippen MR) is 77.9 cm³/mol. The maximum atomic E-state index is 13.9. The molecule has 0 fully saturated rings. The molecule has 2 aromatic carbocycles. The molecule has 21 heavy (non-hydrogen) atoms. The molecule has 0 aliphatic heterocycles. The van der Waals surface area contributed by atoms with E-state index in [2.05, 4.69) is 5.32 Å². The fraction of sp³-hybridized carbons (Fsp3) is 0.250. The van der Waals surface area contributed by atoms with Crippen molar-refractivity contribution in [1.82, 2.24) is 5.32 Å². The summed E-state index contributed by atoms with van der Waals surface area (Å²) in [6, 6.07) is 7.83. The zero-order valence-corrected chi connectivity index (χ0v) is 12.2. The van der Waals surface area contributed by atoms with Gasteiger partial charge in [-0.15, -0.1) is 0 Å². The summed E-state index contributed by atoms with van der Waals surface area (Å²) in [6.45, 7) is 2.40. The van der Waals surface area contributed by atoms with E-state index in [4.69, 9.17) is 11.6 Å². The van der Waals surface area contributed by atoms with Gasteiger partial charge in [-0.1, -0.05) is 36.7 Å². The Morgan fingerprint density at radius 1 is 1.10 bits per heavy atom. The van der Waals surface area contributed by atoms with Gasteiger partial charge in [-0.05, 0) is 36.7 Å². The summed E-state index contributed by atoms with van der Waals surface area (Å²) in [4.78, 5) is 0. The van der Waals surface area contributed by atoms with Crippen LogP contribution in [-0.4, -0.2) is 6.54 Å². The minimum absolute atomic E-state index is 0.186. The van der Waals surface area contributed by atoms with Crippen molar-refractivity contribution in [3.8, 4) is 0 Å². The molecule has 2 rings (SSSR count). The smallest absolute Gasteiger partial charge is 0.163 e. The highest BCUT2D eigenvalue weighted by atomic mass is 35.5. The van der Waals surface area contributed by atoms with Crippen molar-refractivity contribution in [2.45, 2.75) is 19.4 Å². The number of rotatable bonds is 5. The third-order valence-electron chi connectivity index (χ3n) is 3.25. The van der Waals surface area contributed by atoms with Crippen molar-refractivity contribution < 1.29 is 13.2 Å². The van der Waals surface area contributed by atoms with E-state index < -0.39 is 23.5 Å². The van der Waals surface area contributed by atoms with Gasteiger partial charge in [0.05, 0.1) is 0 Å². The van der Waals surface area contributed by atoms with Gasteiger partial charge in [0.2, 0.25) is 0 Å². The molecule has 0 heterocycles. The van der Waals surface area contributed by atoms with Crippen LogP contribution in [0.5, 0.6) is 0 Å². The lowest BCUT2D eigenvalue weighted by atomic mass is 9.98. The van der Waals surface area contributed by atoms with Gasteiger partial charge in [-0.3, -0.25) is 0 Å². The topological polar surface area (TPSA) is 12.0 Å². The molecule has 0 bridgehead atoms. The molecule has 5 heteroatoms. The predicted octanol–water partition coefficient (Wildman–Crippen LogP) is 4.65. The number of benzene rings is 2. The first-order valence-corrected chi connectivity index (χ1v) is 7.02. The summed E-state index contributed by atoms with van der Waals surface area (Å²) in [6.07, 6.45) is 0.206. The summed E-state index contributed by atoms with van der Waals surface area (Å²) >= 11 is 5.71. The largest absolute Gasteiger partial charge is 0.310 e. The van der Waals surface area contributed by atoms with Gasteiger partial charge < -0.3 is 5.32 Å². The van der Waals surface area contributed by atoms with Gasteiger partial charge in [0.1, 0.15) is 5.82 Å². The average molecular weight is 314 g/mol. The van der Waals surface area contributed by atoms with Crippen LogP contribution in [0.3, 0.4) is 0 Å². The van der Waals surface area contributed by atoms with Crippen LogP contribution < -0.4 is 5.32 Å². The summed E-state index contributed by atoms with van der Waals surface area (Å²) < 4.78 is 41.1. The fourth-order valence-corrected chi connectivity index (χ4v) is 2.39. The Kier molecular flexibility index (Phi) is 5.26. The SMILES string of the molecule is CCNC(Cc1ccc(Cl)cc1F)c1cccc(F)c1F. The Morgan fingerprint density at radius 2 is 1.86 bits per heavy atom. The molecule has 1 N–H and O–H groups in total. The molecular weight excluding hydrogens is 299 g/mol. The van der Waals surface area contributed by atoms with E-state index >= 15 is 0 Å². The molecule has 0 spiro atoms. The Balaban J connectivity index is 2.33. The molecule has 0 aliphatic carbocycles. The molecule has 0 saturated heterocycles. The van der Waals surface area contributed by atoms with Crippen LogP contribution in [0.4, 0.5) is 13.2 Å². The maximum Gasteiger partial charge on any atom is 0.163 e. The molecule has 1 unspecified atom stereocenters. The number of nitrogens with one attached hydrogen (secondary N) is 1. The van der Waals surface area contributed by atoms with E-state index in [1.165, 1.54) is 18.2 Å². The first-order valence-electron chi connectivity index (χ1n) is 6.64. The quantitative estimate of drug-likeness (QED) is 0.847. The van der Waals surface area contributed by atoms with E-state index in [1.807, 2.05) is 6.92 Å². The number of hydrogen-bond donors (Lipinski definition) is 1. The van der Waals surface area contributed by atoms with E-state index in [1.54, 1.807) is 12.1 Å². The Labute approximate surface area is 126 Å². The van der Waals surface area contributed by atoms with Crippen molar-refractivity contribution in [1.29, 1.82) is 0 Å². The van der Waals surface area contributed by atoms with E-state index in [9.17, 15) is 13.2 Å². The molecular formula is C16H15ClF3N. The minimum atomic E-state index is -0.910. The molecule has 112 valence electrons. The zero-order chi connectivity index (χ0) is 15.4. The average Bonchev–Trinajstić information content (AvgIpc) is 2.44. The second-order valence-electron chi connectivity index (χ2n) is 4.69. The molecule has 0 radical (unpaired) electrons. The molecule has 0 amide bonds. The molecule has 0 aliphatic rings. The molecule has 0 aromatic heterocycles. The summed E-state index contributed by atoms with van der Waals surface area (Å²) in [5.41, 5.74) is 0.584. The monoisotopic (exact) mass is 313 g/mol. The number of likely N-dealkylation sites (N-methyl/N-ethyl adjacent to an activating group) is 1. The van der Waals surface area contributed by atoms with Crippen LogP contribution in [0.15, 0.2) is 36.4 Å². The van der Waals surface area contributed by atoms with Crippen LogP contribution in [0.25, 0.3) is 0 Å². The highest BCUT2D eigenvalue weighted by Crippen LogP contribution is 2.25. The highest BCUT2D eigenvalue weighted by Gasteiger charge is 2.19. The summed E-state index contributed by atoms with van der Waals surface area (Å²) in [7, 11) is 0. The Morgan fingerprint density at radius 3 is 2.52 bits per heavy atom. The van der Waals surface area contributed by atoms with Crippen LogP contribution in [0.1, 0.15) is 24.1 Å². The maximum absolute atomic E-state index is 13.9. The first kappa shape index (κ1) is 15.9. The molecule has 2 aromatic rings. The second-order valence-corrected chi connectivity index (χ2v) is 5.13. The number of halogens is 4. The number of hydrogen-bond acceptors (Lipinski definition) is 1. The molecule has 1 atom stereocenters. The minimum Gasteiger partial charge on any atom is -0.310 e. The van der Waals surface area contributed by atoms with Gasteiger partial charge in [0, 0.05) is 16.6 Å². The van der Waals surface area contributed by atoms with Crippen molar-refractivity contribution in [2.24, 2.45) is 0 Å². The fourth-order valence-electron chi connectivity index (χ4n) is 2.24. The van der Waals surface area contributed by atoms with Crippen LogP contribution in [0.2, 0.25) is 5.02 Å². The van der Waals surface area contributed by atoms with Crippen LogP contribution >= 0.6 is 11.6 Å². The van der Waals surface area contributed by atoms with Crippen LogP contribution in [0, 0.1) is 17.5 Å². The van der Waals surface area contributed by atoms with Gasteiger partial charge in [0.25, 0.3) is 0 Å². The zero-order valence-electron chi connectivity index (χ0n) is 11.5. The molecule has 0 saturated carbocycles. The van der Waals surface area contributed by atoms with Crippen LogP contribution in [-0.2, 0) is 6.42 Å². The summed E-state index contributed by atoms with van der Waals surface area (Å²) in [5.74, 6) is -2.27. The Bertz CT molecular complexity index is 631. The van der Waals surface area contributed by atoms with Crippen molar-refractivity contribution in [2.75, 3.05) is 6.54 Å². The third-order valence-corrected chi connectivity index (χ3v) is 3.48. The van der Waals surface area contributed by atoms with Crippen molar-refractivity contribution in [3.05, 3.63) is 70.0 Å². The molecule has 1 nitrogen and oxygen atoms in total. The second kappa shape index (κ2) is 6.96. The normalized spacial score (nSPS) is 12.4. The highest BCUT2D eigenvalue weighted by molar-refractivity contribution is 6.30. The van der Waals surface area contributed by atoms with E-state index in [0.717, 1.165) is 6.07 Å². The third kappa shape index (κ3) is 3.77. The van der Waals surface area contributed by atoms with Gasteiger partial charge in [-0.25, -0.2) is 13.2 Å². The lowest BCUT2D eigenvalue weighted by Crippen LogP contribution is -2.24. The Hall–Kier alpha value is -1.52. The van der Waals surface area contributed by atoms with Gasteiger partial charge in [0.15, 0.2) is 11.6 Å². The van der Waals surface area contributed by atoms with Gasteiger partial charge in [-0.2, -0.15) is 0 Å². The van der Waals surface area contributed by atoms with E-state index in [0.29, 0.717) is 17.1 Å². The van der Waals surface area contributed by atoms with Crippen molar-refractivity contribution >= 4 is 11.6 Å². The van der Waals surface area contributed by atoms with E-state index in [-0.39, 0.29) is 12.0 Å². The summed E-state index contributed by atoms with van der Waals surface area (Å²) in [5, 5.41) is 3.35. The lowest BCUT2D eigenvalue weighted by Gasteiger charge is -2.19. The first-order chi connectivity index (χ1) is 10.0.